The summed E-state index contributed by atoms with van der Waals surface area (Å²) in [5, 5.41) is 17.9. The number of aromatic nitrogens is 2. The van der Waals surface area contributed by atoms with Crippen molar-refractivity contribution in [1.82, 2.24) is 10.2 Å². The zero-order valence-corrected chi connectivity index (χ0v) is 9.87. The van der Waals surface area contributed by atoms with Gasteiger partial charge in [0, 0.05) is 18.2 Å². The number of nitro groups is 1. The van der Waals surface area contributed by atoms with Crippen LogP contribution in [0.15, 0.2) is 28.7 Å². The Bertz CT molecular complexity index is 577. The summed E-state index contributed by atoms with van der Waals surface area (Å²) in [6, 6.07) is 6.12. The van der Waals surface area contributed by atoms with Crippen LogP contribution < -0.4 is 0 Å². The molecule has 0 aliphatic carbocycles. The van der Waals surface area contributed by atoms with Crippen molar-refractivity contribution in [1.29, 1.82) is 0 Å². The highest BCUT2D eigenvalue weighted by atomic mass is 35.5. The molecule has 0 bridgehead atoms. The van der Waals surface area contributed by atoms with E-state index in [1.54, 1.807) is 24.3 Å². The average molecular weight is 266 g/mol. The molecular formula is C11H8ClN3O3. The third-order valence-corrected chi connectivity index (χ3v) is 2.35. The molecule has 0 aliphatic rings. The number of benzene rings is 1. The van der Waals surface area contributed by atoms with Crippen LogP contribution in [-0.2, 0) is 5.88 Å². The SMILES string of the molecule is O=[N+]([O-])c1ccc(/C=C/c2nnc(CCl)o2)cc1. The van der Waals surface area contributed by atoms with Gasteiger partial charge >= 0.3 is 0 Å². The Kier molecular flexibility index (Phi) is 3.69. The Hall–Kier alpha value is -2.21. The first-order valence-corrected chi connectivity index (χ1v) is 5.53. The van der Waals surface area contributed by atoms with E-state index in [1.807, 2.05) is 0 Å². The Morgan fingerprint density at radius 1 is 1.28 bits per heavy atom. The second-order valence-corrected chi connectivity index (χ2v) is 3.62. The van der Waals surface area contributed by atoms with Crippen LogP contribution in [0.4, 0.5) is 5.69 Å². The van der Waals surface area contributed by atoms with Crippen LogP contribution in [0, 0.1) is 10.1 Å². The van der Waals surface area contributed by atoms with Gasteiger partial charge in [-0.2, -0.15) is 0 Å². The maximum atomic E-state index is 10.5. The molecular weight excluding hydrogens is 258 g/mol. The van der Waals surface area contributed by atoms with Gasteiger partial charge in [-0.3, -0.25) is 10.1 Å². The number of hydrogen-bond donors (Lipinski definition) is 0. The van der Waals surface area contributed by atoms with Gasteiger partial charge in [-0.15, -0.1) is 21.8 Å². The molecule has 0 fully saturated rings. The van der Waals surface area contributed by atoms with Crippen LogP contribution in [0.2, 0.25) is 0 Å². The van der Waals surface area contributed by atoms with Crippen LogP contribution in [0.3, 0.4) is 0 Å². The minimum Gasteiger partial charge on any atom is -0.420 e. The zero-order valence-electron chi connectivity index (χ0n) is 9.12. The predicted octanol–water partition coefficient (Wildman–Crippen LogP) is 2.89. The van der Waals surface area contributed by atoms with Gasteiger partial charge < -0.3 is 4.42 Å². The van der Waals surface area contributed by atoms with Crippen LogP contribution in [0.25, 0.3) is 12.2 Å². The van der Waals surface area contributed by atoms with E-state index in [-0.39, 0.29) is 11.6 Å². The van der Waals surface area contributed by atoms with Crippen molar-refractivity contribution in [3.05, 3.63) is 51.7 Å². The summed E-state index contributed by atoms with van der Waals surface area (Å²) in [7, 11) is 0. The Morgan fingerprint density at radius 2 is 2.00 bits per heavy atom. The fourth-order valence-corrected chi connectivity index (χ4v) is 1.37. The van der Waals surface area contributed by atoms with Crippen molar-refractivity contribution in [2.45, 2.75) is 5.88 Å². The van der Waals surface area contributed by atoms with E-state index in [0.29, 0.717) is 11.8 Å². The monoisotopic (exact) mass is 265 g/mol. The number of halogens is 1. The highest BCUT2D eigenvalue weighted by Crippen LogP contribution is 2.14. The van der Waals surface area contributed by atoms with Crippen LogP contribution in [-0.4, -0.2) is 15.1 Å². The van der Waals surface area contributed by atoms with Gasteiger partial charge in [0.2, 0.25) is 11.8 Å². The van der Waals surface area contributed by atoms with Gasteiger partial charge in [0.15, 0.2) is 0 Å². The maximum absolute atomic E-state index is 10.5. The van der Waals surface area contributed by atoms with Gasteiger partial charge in [0.25, 0.3) is 5.69 Å². The molecule has 1 aromatic carbocycles. The van der Waals surface area contributed by atoms with E-state index in [0.717, 1.165) is 5.56 Å². The first-order valence-electron chi connectivity index (χ1n) is 5.00. The number of alkyl halides is 1. The molecule has 2 rings (SSSR count). The minimum atomic E-state index is -0.446. The summed E-state index contributed by atoms with van der Waals surface area (Å²) in [5.74, 6) is 0.849. The summed E-state index contributed by atoms with van der Waals surface area (Å²) >= 11 is 5.52. The molecule has 0 amide bonds. The van der Waals surface area contributed by atoms with Crippen molar-refractivity contribution in [2.24, 2.45) is 0 Å². The van der Waals surface area contributed by atoms with Gasteiger partial charge in [-0.1, -0.05) is 0 Å². The first kappa shape index (κ1) is 12.3. The first-order chi connectivity index (χ1) is 8.69. The van der Waals surface area contributed by atoms with Gasteiger partial charge in [0.1, 0.15) is 5.88 Å². The molecule has 0 aliphatic heterocycles. The summed E-state index contributed by atoms with van der Waals surface area (Å²) in [4.78, 5) is 10.0. The molecule has 0 atom stereocenters. The molecule has 6 nitrogen and oxygen atoms in total. The highest BCUT2D eigenvalue weighted by molar-refractivity contribution is 6.16. The molecule has 0 N–H and O–H groups in total. The lowest BCUT2D eigenvalue weighted by atomic mass is 10.2. The Morgan fingerprint density at radius 3 is 2.56 bits per heavy atom. The minimum absolute atomic E-state index is 0.0503. The summed E-state index contributed by atoms with van der Waals surface area (Å²) in [6.45, 7) is 0. The fraction of sp³-hybridized carbons (Fsp3) is 0.0909. The summed E-state index contributed by atoms with van der Waals surface area (Å²) < 4.78 is 5.17. The number of nitrogens with zero attached hydrogens (tertiary/aromatic N) is 3. The van der Waals surface area contributed by atoms with Gasteiger partial charge in [0.05, 0.1) is 4.92 Å². The van der Waals surface area contributed by atoms with E-state index in [2.05, 4.69) is 10.2 Å². The summed E-state index contributed by atoms with van der Waals surface area (Å²) in [6.07, 6.45) is 3.33. The summed E-state index contributed by atoms with van der Waals surface area (Å²) in [5.41, 5.74) is 0.848. The van der Waals surface area contributed by atoms with Crippen molar-refractivity contribution in [3.63, 3.8) is 0 Å². The molecule has 92 valence electrons. The second-order valence-electron chi connectivity index (χ2n) is 3.35. The topological polar surface area (TPSA) is 82.1 Å². The second kappa shape index (κ2) is 5.42. The molecule has 18 heavy (non-hydrogen) atoms. The maximum Gasteiger partial charge on any atom is 0.269 e. The van der Waals surface area contributed by atoms with Crippen molar-refractivity contribution in [3.8, 4) is 0 Å². The number of nitro benzene ring substituents is 1. The van der Waals surface area contributed by atoms with Crippen molar-refractivity contribution >= 4 is 29.4 Å². The average Bonchev–Trinajstić information content (AvgIpc) is 2.85. The Balaban J connectivity index is 2.11. The molecule has 0 radical (unpaired) electrons. The largest absolute Gasteiger partial charge is 0.420 e. The molecule has 1 aromatic heterocycles. The van der Waals surface area contributed by atoms with Crippen LogP contribution in [0.5, 0.6) is 0 Å². The normalized spacial score (nSPS) is 10.9. The van der Waals surface area contributed by atoms with Crippen molar-refractivity contribution < 1.29 is 9.34 Å². The third kappa shape index (κ3) is 2.92. The molecule has 0 unspecified atom stereocenters. The third-order valence-electron chi connectivity index (χ3n) is 2.12. The van der Waals surface area contributed by atoms with E-state index in [4.69, 9.17) is 16.0 Å². The number of rotatable bonds is 4. The number of non-ortho nitro benzene ring substituents is 1. The van der Waals surface area contributed by atoms with Crippen molar-refractivity contribution in [2.75, 3.05) is 0 Å². The van der Waals surface area contributed by atoms with E-state index < -0.39 is 4.92 Å². The predicted molar refractivity (Wildman–Crippen MR) is 65.9 cm³/mol. The van der Waals surface area contributed by atoms with E-state index >= 15 is 0 Å². The molecule has 0 saturated carbocycles. The molecule has 0 saturated heterocycles. The van der Waals surface area contributed by atoms with E-state index in [9.17, 15) is 10.1 Å². The van der Waals surface area contributed by atoms with Crippen LogP contribution >= 0.6 is 11.6 Å². The van der Waals surface area contributed by atoms with E-state index in [1.165, 1.54) is 12.1 Å². The van der Waals surface area contributed by atoms with Crippen LogP contribution in [0.1, 0.15) is 17.3 Å². The molecule has 1 heterocycles. The molecule has 7 heteroatoms. The fourth-order valence-electron chi connectivity index (χ4n) is 1.26. The zero-order chi connectivity index (χ0) is 13.0. The lowest BCUT2D eigenvalue weighted by Crippen LogP contribution is -1.86. The lowest BCUT2D eigenvalue weighted by Gasteiger charge is -1.92. The lowest BCUT2D eigenvalue weighted by molar-refractivity contribution is -0.384. The highest BCUT2D eigenvalue weighted by Gasteiger charge is 2.03. The standard InChI is InChI=1S/C11H8ClN3O3/c12-7-11-14-13-10(18-11)6-3-8-1-4-9(5-2-8)15(16)17/h1-6H,7H2/b6-3+. The quantitative estimate of drug-likeness (QED) is 0.482. The van der Waals surface area contributed by atoms with Gasteiger partial charge in [-0.25, -0.2) is 0 Å². The Labute approximate surface area is 107 Å². The number of hydrogen-bond acceptors (Lipinski definition) is 5. The molecule has 2 aromatic rings. The van der Waals surface area contributed by atoms with Gasteiger partial charge in [-0.05, 0) is 23.8 Å². The smallest absolute Gasteiger partial charge is 0.269 e. The molecule has 0 spiro atoms.